The molecule has 0 spiro atoms. The number of nitrogens with one attached hydrogen (secondary N) is 1. The van der Waals surface area contributed by atoms with Gasteiger partial charge in [-0.05, 0) is 39.1 Å². The summed E-state index contributed by atoms with van der Waals surface area (Å²) in [6.07, 6.45) is 2.09. The molecule has 0 amide bonds. The number of nitrogen functional groups attached to an aromatic ring is 1. The van der Waals surface area contributed by atoms with Gasteiger partial charge in [-0.2, -0.15) is 5.26 Å². The first kappa shape index (κ1) is 23.9. The lowest BCUT2D eigenvalue weighted by molar-refractivity contribution is 0.151. The summed E-state index contributed by atoms with van der Waals surface area (Å²) in [4.78, 5) is 31.1. The summed E-state index contributed by atoms with van der Waals surface area (Å²) in [7, 11) is 2.13. The monoisotopic (exact) mass is 481 g/mol. The molecule has 0 radical (unpaired) electrons. The van der Waals surface area contributed by atoms with Gasteiger partial charge in [0, 0.05) is 32.7 Å². The van der Waals surface area contributed by atoms with Crippen LogP contribution in [-0.4, -0.2) is 69.1 Å². The molecule has 3 aromatic rings. The standard InChI is InChI=1S/C23H28ClN9O/c1-15(29-21-16(13-25)20(26)27-14-28-21)22-30-18-6-3-5-17(24)19(18)23(34)33(22)8-4-7-32-11-9-31(2)10-12-32/h3,5-6,14-15H,4,7-12H2,1-2H3,(H3,26,27,28,29). The number of nitrogens with zero attached hydrogens (tertiary/aromatic N) is 7. The highest BCUT2D eigenvalue weighted by Crippen LogP contribution is 2.24. The van der Waals surface area contributed by atoms with Crippen molar-refractivity contribution in [1.82, 2.24) is 29.3 Å². The normalized spacial score (nSPS) is 15.8. The van der Waals surface area contributed by atoms with Gasteiger partial charge >= 0.3 is 0 Å². The van der Waals surface area contributed by atoms with Gasteiger partial charge in [0.2, 0.25) is 0 Å². The number of aromatic nitrogens is 4. The van der Waals surface area contributed by atoms with Crippen LogP contribution in [-0.2, 0) is 6.54 Å². The minimum atomic E-state index is -0.430. The van der Waals surface area contributed by atoms with E-state index in [1.807, 2.05) is 13.0 Å². The van der Waals surface area contributed by atoms with E-state index < -0.39 is 6.04 Å². The van der Waals surface area contributed by atoms with Crippen LogP contribution in [0.3, 0.4) is 0 Å². The van der Waals surface area contributed by atoms with Crippen LogP contribution >= 0.6 is 11.6 Å². The van der Waals surface area contributed by atoms with Gasteiger partial charge in [0.15, 0.2) is 0 Å². The fourth-order valence-corrected chi connectivity index (χ4v) is 4.45. The highest BCUT2D eigenvalue weighted by atomic mass is 35.5. The first-order valence-electron chi connectivity index (χ1n) is 11.3. The molecule has 1 atom stereocenters. The third-order valence-corrected chi connectivity index (χ3v) is 6.46. The Bertz CT molecular complexity index is 1280. The van der Waals surface area contributed by atoms with Crippen molar-refractivity contribution in [2.75, 3.05) is 50.8 Å². The fourth-order valence-electron chi connectivity index (χ4n) is 4.20. The van der Waals surface area contributed by atoms with Crippen LogP contribution in [0.15, 0.2) is 29.3 Å². The summed E-state index contributed by atoms with van der Waals surface area (Å²) >= 11 is 6.37. The summed E-state index contributed by atoms with van der Waals surface area (Å²) in [6.45, 7) is 7.38. The van der Waals surface area contributed by atoms with E-state index in [0.29, 0.717) is 34.1 Å². The Hall–Kier alpha value is -3.26. The Morgan fingerprint density at radius 1 is 1.24 bits per heavy atom. The van der Waals surface area contributed by atoms with Crippen LogP contribution in [0, 0.1) is 11.3 Å². The predicted octanol–water partition coefficient (Wildman–Crippen LogP) is 2.10. The lowest BCUT2D eigenvalue weighted by atomic mass is 10.2. The second-order valence-electron chi connectivity index (χ2n) is 8.52. The van der Waals surface area contributed by atoms with E-state index in [1.165, 1.54) is 6.33 Å². The lowest BCUT2D eigenvalue weighted by Gasteiger charge is -2.32. The molecule has 1 aromatic carbocycles. The lowest BCUT2D eigenvalue weighted by Crippen LogP contribution is -2.45. The maximum absolute atomic E-state index is 13.5. The second-order valence-corrected chi connectivity index (χ2v) is 8.93. The number of fused-ring (bicyclic) bond motifs is 1. The van der Waals surface area contributed by atoms with Crippen molar-refractivity contribution in [2.45, 2.75) is 25.9 Å². The molecule has 2 aromatic heterocycles. The Kier molecular flexibility index (Phi) is 7.26. The van der Waals surface area contributed by atoms with Crippen LogP contribution in [0.25, 0.3) is 10.9 Å². The molecule has 1 fully saturated rings. The van der Waals surface area contributed by atoms with Crippen molar-refractivity contribution in [3.63, 3.8) is 0 Å². The summed E-state index contributed by atoms with van der Waals surface area (Å²) in [5, 5.41) is 13.4. The molecule has 1 aliphatic rings. The third-order valence-electron chi connectivity index (χ3n) is 6.14. The number of rotatable bonds is 7. The van der Waals surface area contributed by atoms with Gasteiger partial charge in [0.25, 0.3) is 5.56 Å². The maximum atomic E-state index is 13.5. The summed E-state index contributed by atoms with van der Waals surface area (Å²) in [6, 6.07) is 6.85. The molecule has 3 heterocycles. The molecular formula is C23H28ClN9O. The van der Waals surface area contributed by atoms with E-state index in [-0.39, 0.29) is 16.9 Å². The average molecular weight is 482 g/mol. The predicted molar refractivity (Wildman–Crippen MR) is 133 cm³/mol. The van der Waals surface area contributed by atoms with Gasteiger partial charge in [-0.3, -0.25) is 9.36 Å². The average Bonchev–Trinajstić information content (AvgIpc) is 2.81. The largest absolute Gasteiger partial charge is 0.382 e. The molecule has 34 heavy (non-hydrogen) atoms. The van der Waals surface area contributed by atoms with Crippen LogP contribution < -0.4 is 16.6 Å². The Morgan fingerprint density at radius 3 is 2.74 bits per heavy atom. The molecule has 0 bridgehead atoms. The van der Waals surface area contributed by atoms with E-state index in [4.69, 9.17) is 22.3 Å². The van der Waals surface area contributed by atoms with Gasteiger partial charge < -0.3 is 20.9 Å². The Balaban J connectivity index is 1.65. The fraction of sp³-hybridized carbons (Fsp3) is 0.435. The van der Waals surface area contributed by atoms with Crippen LogP contribution in [0.2, 0.25) is 5.02 Å². The quantitative estimate of drug-likeness (QED) is 0.521. The number of halogens is 1. The summed E-state index contributed by atoms with van der Waals surface area (Å²) in [5.74, 6) is 0.932. The van der Waals surface area contributed by atoms with Gasteiger partial charge in [0.1, 0.15) is 35.4 Å². The number of nitrogens with two attached hydrogens (primary N) is 1. The molecule has 178 valence electrons. The van der Waals surface area contributed by atoms with E-state index in [9.17, 15) is 10.1 Å². The summed E-state index contributed by atoms with van der Waals surface area (Å²) in [5.41, 5.74) is 6.33. The molecule has 1 saturated heterocycles. The number of hydrogen-bond acceptors (Lipinski definition) is 9. The van der Waals surface area contributed by atoms with Crippen LogP contribution in [0.1, 0.15) is 30.8 Å². The molecule has 11 heteroatoms. The van der Waals surface area contributed by atoms with E-state index in [1.54, 1.807) is 22.8 Å². The van der Waals surface area contributed by atoms with E-state index in [2.05, 4.69) is 32.1 Å². The smallest absolute Gasteiger partial charge is 0.262 e. The highest BCUT2D eigenvalue weighted by Gasteiger charge is 2.21. The zero-order valence-corrected chi connectivity index (χ0v) is 20.1. The molecule has 1 unspecified atom stereocenters. The van der Waals surface area contributed by atoms with Crippen molar-refractivity contribution in [2.24, 2.45) is 0 Å². The van der Waals surface area contributed by atoms with Gasteiger partial charge in [-0.25, -0.2) is 15.0 Å². The third kappa shape index (κ3) is 4.97. The number of piperazine rings is 1. The Morgan fingerprint density at radius 2 is 2.00 bits per heavy atom. The molecule has 3 N–H and O–H groups in total. The molecule has 1 aliphatic heterocycles. The van der Waals surface area contributed by atoms with Crippen molar-refractivity contribution in [3.05, 3.63) is 51.3 Å². The first-order chi connectivity index (χ1) is 16.4. The van der Waals surface area contributed by atoms with Gasteiger partial charge in [-0.15, -0.1) is 0 Å². The van der Waals surface area contributed by atoms with Crippen molar-refractivity contribution in [3.8, 4) is 6.07 Å². The number of likely N-dealkylation sites (N-methyl/N-ethyl adjacent to an activating group) is 1. The molecular weight excluding hydrogens is 454 g/mol. The molecule has 10 nitrogen and oxygen atoms in total. The highest BCUT2D eigenvalue weighted by molar-refractivity contribution is 6.35. The Labute approximate surface area is 203 Å². The SMILES string of the molecule is CC(Nc1ncnc(N)c1C#N)c1nc2cccc(Cl)c2c(=O)n1CCCN1CCN(C)CC1. The van der Waals surface area contributed by atoms with Crippen LogP contribution in [0.4, 0.5) is 11.6 Å². The number of anilines is 2. The number of benzene rings is 1. The minimum absolute atomic E-state index is 0.0926. The molecule has 0 aliphatic carbocycles. The van der Waals surface area contributed by atoms with Gasteiger partial charge in [0.05, 0.1) is 22.0 Å². The zero-order valence-electron chi connectivity index (χ0n) is 19.3. The van der Waals surface area contributed by atoms with E-state index >= 15 is 0 Å². The molecule has 0 saturated carbocycles. The topological polar surface area (TPSA) is 129 Å². The second kappa shape index (κ2) is 10.3. The maximum Gasteiger partial charge on any atom is 0.262 e. The first-order valence-corrected chi connectivity index (χ1v) is 11.6. The van der Waals surface area contributed by atoms with Gasteiger partial charge in [-0.1, -0.05) is 17.7 Å². The van der Waals surface area contributed by atoms with Crippen molar-refractivity contribution < 1.29 is 0 Å². The van der Waals surface area contributed by atoms with Crippen molar-refractivity contribution in [1.29, 1.82) is 5.26 Å². The van der Waals surface area contributed by atoms with E-state index in [0.717, 1.165) is 39.1 Å². The number of nitriles is 1. The zero-order chi connectivity index (χ0) is 24.2. The van der Waals surface area contributed by atoms with Crippen LogP contribution in [0.5, 0.6) is 0 Å². The molecule has 4 rings (SSSR count). The van der Waals surface area contributed by atoms with Crippen molar-refractivity contribution >= 4 is 34.1 Å². The minimum Gasteiger partial charge on any atom is -0.382 e. The number of hydrogen-bond donors (Lipinski definition) is 2. The summed E-state index contributed by atoms with van der Waals surface area (Å²) < 4.78 is 1.68.